The minimum atomic E-state index is -3.79. The summed E-state index contributed by atoms with van der Waals surface area (Å²) in [5.74, 6) is -0.850. The van der Waals surface area contributed by atoms with Gasteiger partial charge in [0, 0.05) is 24.3 Å². The highest BCUT2D eigenvalue weighted by Gasteiger charge is 2.26. The molecule has 1 amide bonds. The van der Waals surface area contributed by atoms with Crippen molar-refractivity contribution >= 4 is 21.6 Å². The van der Waals surface area contributed by atoms with Crippen LogP contribution in [-0.4, -0.2) is 38.3 Å². The molecule has 2 rings (SSSR count). The van der Waals surface area contributed by atoms with Gasteiger partial charge in [0.25, 0.3) is 5.91 Å². The smallest absolute Gasteiger partial charge is 0.255 e. The fourth-order valence-corrected chi connectivity index (χ4v) is 4.21. The highest BCUT2D eigenvalue weighted by molar-refractivity contribution is 7.89. The van der Waals surface area contributed by atoms with Crippen molar-refractivity contribution in [2.45, 2.75) is 25.7 Å². The molecule has 0 unspecified atom stereocenters. The average Bonchev–Trinajstić information content (AvgIpc) is 2.63. The van der Waals surface area contributed by atoms with Gasteiger partial charge in [0.05, 0.1) is 6.61 Å². The van der Waals surface area contributed by atoms with Crippen molar-refractivity contribution in [2.75, 3.05) is 25.0 Å². The number of hydrogen-bond acceptors (Lipinski definition) is 4. The highest BCUT2D eigenvalue weighted by Crippen LogP contribution is 2.30. The predicted molar refractivity (Wildman–Crippen MR) is 102 cm³/mol. The quantitative estimate of drug-likeness (QED) is 0.743. The third kappa shape index (κ3) is 4.84. The molecule has 2 aromatic rings. The molecule has 0 saturated heterocycles. The summed E-state index contributed by atoms with van der Waals surface area (Å²) >= 11 is 0. The van der Waals surface area contributed by atoms with Crippen LogP contribution in [0.5, 0.6) is 5.75 Å². The molecule has 0 bridgehead atoms. The lowest BCUT2D eigenvalue weighted by atomic mass is 10.2. The topological polar surface area (TPSA) is 75.7 Å². The number of rotatable bonds is 8. The SMILES string of the molecule is CCOc1ccc(NC(=O)c2cccc(F)c2)cc1S(=O)(=O)N(CC)CC. The molecular weight excluding hydrogens is 371 g/mol. The summed E-state index contributed by atoms with van der Waals surface area (Å²) in [5.41, 5.74) is 0.412. The lowest BCUT2D eigenvalue weighted by molar-refractivity contribution is 0.102. The Morgan fingerprint density at radius 2 is 1.81 bits per heavy atom. The summed E-state index contributed by atoms with van der Waals surface area (Å²) in [6, 6.07) is 9.65. The van der Waals surface area contributed by atoms with E-state index in [-0.39, 0.29) is 21.9 Å². The van der Waals surface area contributed by atoms with Gasteiger partial charge in [-0.3, -0.25) is 4.79 Å². The largest absolute Gasteiger partial charge is 0.492 e. The van der Waals surface area contributed by atoms with Crippen LogP contribution in [0.4, 0.5) is 10.1 Å². The van der Waals surface area contributed by atoms with Crippen LogP contribution in [0.15, 0.2) is 47.4 Å². The molecule has 0 spiro atoms. The van der Waals surface area contributed by atoms with Crippen LogP contribution in [-0.2, 0) is 10.0 Å². The molecule has 0 heterocycles. The van der Waals surface area contributed by atoms with Crippen LogP contribution in [0, 0.1) is 5.82 Å². The van der Waals surface area contributed by atoms with Crippen molar-refractivity contribution in [1.82, 2.24) is 4.31 Å². The third-order valence-corrected chi connectivity index (χ3v) is 5.98. The minimum absolute atomic E-state index is 0.0231. The van der Waals surface area contributed by atoms with E-state index in [0.29, 0.717) is 19.7 Å². The third-order valence-electron chi connectivity index (χ3n) is 3.91. The molecule has 0 fully saturated rings. The zero-order chi connectivity index (χ0) is 20.0. The molecule has 0 atom stereocenters. The normalized spacial score (nSPS) is 11.4. The van der Waals surface area contributed by atoms with E-state index in [4.69, 9.17) is 4.74 Å². The van der Waals surface area contributed by atoms with E-state index in [1.165, 1.54) is 34.6 Å². The second-order valence-electron chi connectivity index (χ2n) is 5.65. The van der Waals surface area contributed by atoms with Crippen LogP contribution in [0.25, 0.3) is 0 Å². The van der Waals surface area contributed by atoms with Crippen LogP contribution < -0.4 is 10.1 Å². The number of amides is 1. The van der Waals surface area contributed by atoms with Crippen molar-refractivity contribution in [3.8, 4) is 5.75 Å². The Morgan fingerprint density at radius 3 is 2.41 bits per heavy atom. The molecule has 0 saturated carbocycles. The number of nitrogens with one attached hydrogen (secondary N) is 1. The van der Waals surface area contributed by atoms with E-state index < -0.39 is 21.7 Å². The molecule has 2 aromatic carbocycles. The number of carbonyl (C=O) groups excluding carboxylic acids is 1. The van der Waals surface area contributed by atoms with Gasteiger partial charge in [0.2, 0.25) is 10.0 Å². The van der Waals surface area contributed by atoms with E-state index in [2.05, 4.69) is 5.32 Å². The fraction of sp³-hybridized carbons (Fsp3) is 0.316. The Labute approximate surface area is 159 Å². The van der Waals surface area contributed by atoms with Crippen molar-refractivity contribution in [3.63, 3.8) is 0 Å². The predicted octanol–water partition coefficient (Wildman–Crippen LogP) is 3.51. The standard InChI is InChI=1S/C19H23FN2O4S/c1-4-22(5-2)27(24,25)18-13-16(10-11-17(18)26-6-3)21-19(23)14-8-7-9-15(20)12-14/h7-13H,4-6H2,1-3H3,(H,21,23). The first-order valence-electron chi connectivity index (χ1n) is 8.67. The van der Waals surface area contributed by atoms with E-state index in [0.717, 1.165) is 6.07 Å². The zero-order valence-electron chi connectivity index (χ0n) is 15.5. The Balaban J connectivity index is 2.41. The molecule has 6 nitrogen and oxygen atoms in total. The summed E-state index contributed by atoms with van der Waals surface area (Å²) in [7, 11) is -3.79. The molecule has 0 aromatic heterocycles. The van der Waals surface area contributed by atoms with E-state index in [1.807, 2.05) is 0 Å². The first kappa shape index (κ1) is 20.9. The van der Waals surface area contributed by atoms with Crippen LogP contribution >= 0.6 is 0 Å². The Morgan fingerprint density at radius 1 is 1.11 bits per heavy atom. The van der Waals surface area contributed by atoms with Gasteiger partial charge >= 0.3 is 0 Å². The van der Waals surface area contributed by atoms with E-state index >= 15 is 0 Å². The van der Waals surface area contributed by atoms with Gasteiger partial charge in [-0.15, -0.1) is 0 Å². The summed E-state index contributed by atoms with van der Waals surface area (Å²) < 4.78 is 45.9. The number of sulfonamides is 1. The summed E-state index contributed by atoms with van der Waals surface area (Å²) in [5, 5.41) is 2.60. The fourth-order valence-electron chi connectivity index (χ4n) is 2.60. The van der Waals surface area contributed by atoms with Gasteiger partial charge in [-0.25, -0.2) is 12.8 Å². The average molecular weight is 394 g/mol. The highest BCUT2D eigenvalue weighted by atomic mass is 32.2. The number of carbonyl (C=O) groups is 1. The number of benzene rings is 2. The van der Waals surface area contributed by atoms with Gasteiger partial charge in [-0.05, 0) is 43.3 Å². The lowest BCUT2D eigenvalue weighted by Crippen LogP contribution is -2.31. The van der Waals surface area contributed by atoms with Gasteiger partial charge in [0.15, 0.2) is 0 Å². The number of anilines is 1. The molecule has 0 aliphatic rings. The molecule has 8 heteroatoms. The molecule has 27 heavy (non-hydrogen) atoms. The van der Waals surface area contributed by atoms with Crippen molar-refractivity contribution in [3.05, 3.63) is 53.8 Å². The summed E-state index contributed by atoms with van der Waals surface area (Å²) in [6.07, 6.45) is 0. The second kappa shape index (κ2) is 8.96. The number of halogens is 1. The van der Waals surface area contributed by atoms with Crippen molar-refractivity contribution in [1.29, 1.82) is 0 Å². The van der Waals surface area contributed by atoms with E-state index in [9.17, 15) is 17.6 Å². The van der Waals surface area contributed by atoms with Crippen molar-refractivity contribution < 1.29 is 22.3 Å². The maximum Gasteiger partial charge on any atom is 0.255 e. The van der Waals surface area contributed by atoms with Gasteiger partial charge < -0.3 is 10.1 Å². The van der Waals surface area contributed by atoms with Crippen LogP contribution in [0.3, 0.4) is 0 Å². The maximum atomic E-state index is 13.3. The Kier molecular flexibility index (Phi) is 6.92. The second-order valence-corrected chi connectivity index (χ2v) is 7.55. The molecular formula is C19H23FN2O4S. The minimum Gasteiger partial charge on any atom is -0.492 e. The summed E-state index contributed by atoms with van der Waals surface area (Å²) in [4.78, 5) is 12.3. The van der Waals surface area contributed by atoms with Gasteiger partial charge in [-0.2, -0.15) is 4.31 Å². The first-order valence-corrected chi connectivity index (χ1v) is 10.1. The van der Waals surface area contributed by atoms with Crippen molar-refractivity contribution in [2.24, 2.45) is 0 Å². The molecule has 1 N–H and O–H groups in total. The molecule has 0 radical (unpaired) electrons. The van der Waals surface area contributed by atoms with Gasteiger partial charge in [0.1, 0.15) is 16.5 Å². The zero-order valence-corrected chi connectivity index (χ0v) is 16.3. The molecule has 0 aliphatic carbocycles. The number of hydrogen-bond donors (Lipinski definition) is 1. The van der Waals surface area contributed by atoms with Crippen LogP contribution in [0.2, 0.25) is 0 Å². The van der Waals surface area contributed by atoms with E-state index in [1.54, 1.807) is 26.8 Å². The number of ether oxygens (including phenoxy) is 1. The first-order chi connectivity index (χ1) is 12.8. The summed E-state index contributed by atoms with van der Waals surface area (Å²) in [6.45, 7) is 6.17. The Hall–Kier alpha value is -2.45. The Bertz CT molecular complexity index is 912. The van der Waals surface area contributed by atoms with Gasteiger partial charge in [-0.1, -0.05) is 19.9 Å². The van der Waals surface area contributed by atoms with Crippen LogP contribution in [0.1, 0.15) is 31.1 Å². The lowest BCUT2D eigenvalue weighted by Gasteiger charge is -2.21. The monoisotopic (exact) mass is 394 g/mol. The molecule has 0 aliphatic heterocycles. The maximum absolute atomic E-state index is 13.3. The molecule has 146 valence electrons. The number of nitrogens with zero attached hydrogens (tertiary/aromatic N) is 1.